The molecule has 1 aromatic rings. The number of esters is 1. The first-order chi connectivity index (χ1) is 12.3. The van der Waals surface area contributed by atoms with E-state index in [-0.39, 0.29) is 12.5 Å². The van der Waals surface area contributed by atoms with Gasteiger partial charge in [-0.2, -0.15) is 0 Å². The zero-order chi connectivity index (χ0) is 18.9. The lowest BCUT2D eigenvalue weighted by molar-refractivity contribution is 0.00693. The van der Waals surface area contributed by atoms with Crippen LogP contribution in [0.15, 0.2) is 23.3 Å². The molecule has 1 aromatic carbocycles. The Morgan fingerprint density at radius 3 is 2.88 bits per heavy atom. The van der Waals surface area contributed by atoms with E-state index in [0.29, 0.717) is 25.1 Å². The number of rotatable bonds is 4. The Kier molecular flexibility index (Phi) is 4.65. The van der Waals surface area contributed by atoms with Crippen LogP contribution in [0.25, 0.3) is 10.4 Å². The van der Waals surface area contributed by atoms with Gasteiger partial charge in [-0.1, -0.05) is 5.11 Å². The molecule has 1 amide bonds. The van der Waals surface area contributed by atoms with E-state index in [1.54, 1.807) is 6.07 Å². The summed E-state index contributed by atoms with van der Waals surface area (Å²) >= 11 is 0. The third-order valence-electron chi connectivity index (χ3n) is 4.08. The van der Waals surface area contributed by atoms with E-state index < -0.39 is 17.8 Å². The minimum absolute atomic E-state index is 0.108. The van der Waals surface area contributed by atoms with Gasteiger partial charge in [0.25, 0.3) is 0 Å². The van der Waals surface area contributed by atoms with Crippen LogP contribution in [0.1, 0.15) is 36.7 Å². The van der Waals surface area contributed by atoms with Crippen LogP contribution in [0.3, 0.4) is 0 Å². The Labute approximate surface area is 151 Å². The summed E-state index contributed by atoms with van der Waals surface area (Å²) in [6.45, 7) is 6.52. The van der Waals surface area contributed by atoms with Crippen LogP contribution in [0.2, 0.25) is 0 Å². The lowest BCUT2D eigenvalue weighted by Crippen LogP contribution is -2.42. The number of nitrogens with zero attached hydrogens (tertiary/aromatic N) is 5. The second kappa shape index (κ2) is 6.76. The molecule has 138 valence electrons. The van der Waals surface area contributed by atoms with Crippen molar-refractivity contribution in [2.75, 3.05) is 24.6 Å². The van der Waals surface area contributed by atoms with Crippen LogP contribution in [-0.4, -0.2) is 48.4 Å². The van der Waals surface area contributed by atoms with E-state index in [0.717, 1.165) is 11.3 Å². The molecule has 9 heteroatoms. The van der Waals surface area contributed by atoms with E-state index in [4.69, 9.17) is 15.0 Å². The molecule has 0 radical (unpaired) electrons. The van der Waals surface area contributed by atoms with Gasteiger partial charge < -0.3 is 9.47 Å². The van der Waals surface area contributed by atoms with Gasteiger partial charge in [0.1, 0.15) is 11.7 Å². The minimum Gasteiger partial charge on any atom is -0.456 e. The minimum atomic E-state index is -0.553. The number of carbonyl (C=O) groups excluding carboxylic acids is 2. The first-order valence-electron chi connectivity index (χ1n) is 8.41. The zero-order valence-electron chi connectivity index (χ0n) is 15.0. The number of benzene rings is 1. The number of hydrogen-bond acceptors (Lipinski definition) is 6. The van der Waals surface area contributed by atoms with Crippen LogP contribution >= 0.6 is 0 Å². The number of carbonyl (C=O) groups is 2. The highest BCUT2D eigenvalue weighted by Gasteiger charge is 2.37. The second-order valence-corrected chi connectivity index (χ2v) is 7.22. The Morgan fingerprint density at radius 2 is 2.19 bits per heavy atom. The fourth-order valence-corrected chi connectivity index (χ4v) is 3.03. The molecule has 0 N–H and O–H groups in total. The maximum atomic E-state index is 12.2. The molecule has 0 saturated carbocycles. The quantitative estimate of drug-likeness (QED) is 0.355. The predicted octanol–water partition coefficient (Wildman–Crippen LogP) is 3.05. The molecule has 26 heavy (non-hydrogen) atoms. The van der Waals surface area contributed by atoms with E-state index in [1.165, 1.54) is 5.01 Å². The van der Waals surface area contributed by atoms with Gasteiger partial charge in [0.2, 0.25) is 0 Å². The number of anilines is 1. The number of hydrazine groups is 1. The van der Waals surface area contributed by atoms with E-state index >= 15 is 0 Å². The van der Waals surface area contributed by atoms with Crippen molar-refractivity contribution in [2.24, 2.45) is 5.11 Å². The van der Waals surface area contributed by atoms with E-state index in [2.05, 4.69) is 10.0 Å². The molecule has 2 aliphatic heterocycles. The average Bonchev–Trinajstić information content (AvgIpc) is 3.13. The van der Waals surface area contributed by atoms with Gasteiger partial charge in [-0.05, 0) is 56.5 Å². The maximum Gasteiger partial charge on any atom is 0.429 e. The highest BCUT2D eigenvalue weighted by molar-refractivity contribution is 5.91. The summed E-state index contributed by atoms with van der Waals surface area (Å²) in [4.78, 5) is 27.1. The van der Waals surface area contributed by atoms with Gasteiger partial charge in [-0.3, -0.25) is 5.01 Å². The van der Waals surface area contributed by atoms with Crippen LogP contribution in [-0.2, 0) is 15.9 Å². The van der Waals surface area contributed by atoms with Crippen LogP contribution < -0.4 is 5.01 Å². The first kappa shape index (κ1) is 17.9. The monoisotopic (exact) mass is 359 g/mol. The molecule has 1 unspecified atom stereocenters. The number of ether oxygens (including phenoxy) is 2. The molecule has 2 heterocycles. The zero-order valence-corrected chi connectivity index (χ0v) is 15.0. The van der Waals surface area contributed by atoms with Gasteiger partial charge >= 0.3 is 12.1 Å². The lowest BCUT2D eigenvalue weighted by Gasteiger charge is -2.28. The molecule has 2 aliphatic rings. The van der Waals surface area contributed by atoms with Crippen molar-refractivity contribution in [3.8, 4) is 0 Å². The molecule has 0 bridgehead atoms. The standard InChI is InChI=1S/C17H21N5O4/c1-17(2,3)26-15(23)12-4-5-14-11(8-12)6-7-21(14)22-10-13(9-19-20-18)25-16(22)24/h4-5,8,13H,6-7,9-10H2,1-3H3. The maximum absolute atomic E-state index is 12.2. The fourth-order valence-electron chi connectivity index (χ4n) is 3.03. The van der Waals surface area contributed by atoms with E-state index in [9.17, 15) is 9.59 Å². The van der Waals surface area contributed by atoms with Crippen molar-refractivity contribution in [3.63, 3.8) is 0 Å². The van der Waals surface area contributed by atoms with Crippen molar-refractivity contribution >= 4 is 17.7 Å². The molecule has 0 aliphatic carbocycles. The summed E-state index contributed by atoms with van der Waals surface area (Å²) in [6, 6.07) is 5.32. The first-order valence-corrected chi connectivity index (χ1v) is 8.41. The third-order valence-corrected chi connectivity index (χ3v) is 4.08. The molecule has 1 fully saturated rings. The molecule has 0 spiro atoms. The summed E-state index contributed by atoms with van der Waals surface area (Å²) in [5.41, 5.74) is 10.2. The molecule has 3 rings (SSSR count). The van der Waals surface area contributed by atoms with Crippen molar-refractivity contribution < 1.29 is 19.1 Å². The Morgan fingerprint density at radius 1 is 1.42 bits per heavy atom. The molecule has 0 aromatic heterocycles. The number of fused-ring (bicyclic) bond motifs is 1. The van der Waals surface area contributed by atoms with Gasteiger partial charge in [0.15, 0.2) is 0 Å². The summed E-state index contributed by atoms with van der Waals surface area (Å²) < 4.78 is 10.6. The number of cyclic esters (lactones) is 1. The summed E-state index contributed by atoms with van der Waals surface area (Å²) in [5.74, 6) is -0.367. The van der Waals surface area contributed by atoms with Crippen molar-refractivity contribution in [1.29, 1.82) is 0 Å². The Bertz CT molecular complexity index is 782. The van der Waals surface area contributed by atoms with Gasteiger partial charge in [0, 0.05) is 11.5 Å². The predicted molar refractivity (Wildman–Crippen MR) is 93.6 cm³/mol. The van der Waals surface area contributed by atoms with Crippen molar-refractivity contribution in [1.82, 2.24) is 5.01 Å². The topological polar surface area (TPSA) is 108 Å². The second-order valence-electron chi connectivity index (χ2n) is 7.22. The summed E-state index contributed by atoms with van der Waals surface area (Å²) in [6.07, 6.45) is -0.216. The molecular weight excluding hydrogens is 338 g/mol. The third kappa shape index (κ3) is 3.67. The molecule has 9 nitrogen and oxygen atoms in total. The van der Waals surface area contributed by atoms with Crippen LogP contribution in [0.4, 0.5) is 10.5 Å². The molecule has 1 atom stereocenters. The highest BCUT2D eigenvalue weighted by atomic mass is 16.6. The molecule has 1 saturated heterocycles. The smallest absolute Gasteiger partial charge is 0.429 e. The van der Waals surface area contributed by atoms with Crippen LogP contribution in [0.5, 0.6) is 0 Å². The summed E-state index contributed by atoms with van der Waals surface area (Å²) in [5, 5.41) is 6.81. The molecular formula is C17H21N5O4. The van der Waals surface area contributed by atoms with Gasteiger partial charge in [0.05, 0.1) is 24.3 Å². The number of hydrogen-bond donors (Lipinski definition) is 0. The van der Waals surface area contributed by atoms with Crippen molar-refractivity contribution in [2.45, 2.75) is 38.9 Å². The Balaban J connectivity index is 1.75. The fraction of sp³-hybridized carbons (Fsp3) is 0.529. The highest BCUT2D eigenvalue weighted by Crippen LogP contribution is 2.32. The lowest BCUT2D eigenvalue weighted by atomic mass is 10.1. The average molecular weight is 359 g/mol. The number of azide groups is 1. The largest absolute Gasteiger partial charge is 0.456 e. The normalized spacial score (nSPS) is 19.0. The van der Waals surface area contributed by atoms with Gasteiger partial charge in [-0.25, -0.2) is 14.6 Å². The van der Waals surface area contributed by atoms with Gasteiger partial charge in [-0.15, -0.1) is 0 Å². The summed E-state index contributed by atoms with van der Waals surface area (Å²) in [7, 11) is 0. The van der Waals surface area contributed by atoms with Crippen LogP contribution in [0, 0.1) is 0 Å². The number of amides is 1. The van der Waals surface area contributed by atoms with Crippen molar-refractivity contribution in [3.05, 3.63) is 39.8 Å². The van der Waals surface area contributed by atoms with E-state index in [1.807, 2.05) is 37.9 Å². The SMILES string of the molecule is CC(C)(C)OC(=O)c1ccc2c(c1)CCN2N1CC(CN=[N+]=[N-])OC1=O. The Hall–Kier alpha value is -2.93.